The van der Waals surface area contributed by atoms with Gasteiger partial charge in [-0.2, -0.15) is 0 Å². The molecule has 0 aromatic carbocycles. The zero-order valence-corrected chi connectivity index (χ0v) is 12.9. The first kappa shape index (κ1) is 16.3. The van der Waals surface area contributed by atoms with Gasteiger partial charge < -0.3 is 15.5 Å². The predicted octanol–water partition coefficient (Wildman–Crippen LogP) is 1.33. The fraction of sp³-hybridized carbons (Fsp3) is 0.562. The molecular formula is C16H24N4O2. The Morgan fingerprint density at radius 3 is 2.73 bits per heavy atom. The molecule has 0 bridgehead atoms. The summed E-state index contributed by atoms with van der Waals surface area (Å²) in [5.41, 5.74) is 0.632. The zero-order valence-electron chi connectivity index (χ0n) is 12.9. The number of rotatable bonds is 7. The van der Waals surface area contributed by atoms with E-state index in [1.165, 1.54) is 12.8 Å². The standard InChI is InChI=1S/C16H24N4O2/c21-13-17-8-6-10-19-16(22)14-7-5-9-18-15(14)20-11-3-1-2-4-12-20/h5,7,9,13H,1-4,6,8,10-12H2,(H,17,21)(H,19,22). The topological polar surface area (TPSA) is 74.3 Å². The van der Waals surface area contributed by atoms with E-state index in [1.54, 1.807) is 12.3 Å². The van der Waals surface area contributed by atoms with Crippen LogP contribution < -0.4 is 15.5 Å². The first-order chi connectivity index (χ1) is 10.8. The number of nitrogens with one attached hydrogen (secondary N) is 2. The molecule has 120 valence electrons. The van der Waals surface area contributed by atoms with Crippen molar-refractivity contribution in [2.24, 2.45) is 0 Å². The van der Waals surface area contributed by atoms with Crippen LogP contribution in [0, 0.1) is 0 Å². The van der Waals surface area contributed by atoms with E-state index in [4.69, 9.17) is 0 Å². The van der Waals surface area contributed by atoms with Crippen LogP contribution in [0.5, 0.6) is 0 Å². The molecule has 0 saturated carbocycles. The molecule has 1 aromatic heterocycles. The first-order valence-electron chi connectivity index (χ1n) is 7.98. The van der Waals surface area contributed by atoms with Crippen molar-refractivity contribution in [1.29, 1.82) is 0 Å². The van der Waals surface area contributed by atoms with Crippen LogP contribution in [0.4, 0.5) is 5.82 Å². The highest BCUT2D eigenvalue weighted by Gasteiger charge is 2.18. The molecule has 1 aliphatic heterocycles. The maximum absolute atomic E-state index is 12.4. The minimum absolute atomic E-state index is 0.0987. The third-order valence-electron chi connectivity index (χ3n) is 3.80. The summed E-state index contributed by atoms with van der Waals surface area (Å²) in [4.78, 5) is 29.2. The van der Waals surface area contributed by atoms with E-state index in [0.29, 0.717) is 31.5 Å². The number of anilines is 1. The van der Waals surface area contributed by atoms with Crippen molar-refractivity contribution in [3.63, 3.8) is 0 Å². The van der Waals surface area contributed by atoms with E-state index in [2.05, 4.69) is 20.5 Å². The van der Waals surface area contributed by atoms with Gasteiger partial charge in [-0.05, 0) is 31.4 Å². The molecule has 0 aliphatic carbocycles. The Labute approximate surface area is 131 Å². The van der Waals surface area contributed by atoms with Crippen molar-refractivity contribution in [1.82, 2.24) is 15.6 Å². The molecule has 2 N–H and O–H groups in total. The van der Waals surface area contributed by atoms with Crippen molar-refractivity contribution in [3.8, 4) is 0 Å². The molecule has 0 unspecified atom stereocenters. The maximum Gasteiger partial charge on any atom is 0.255 e. The van der Waals surface area contributed by atoms with Crippen LogP contribution in [-0.2, 0) is 4.79 Å². The number of carbonyl (C=O) groups excluding carboxylic acids is 2. The number of hydrogen-bond donors (Lipinski definition) is 2. The number of pyridine rings is 1. The van der Waals surface area contributed by atoms with E-state index in [-0.39, 0.29) is 5.91 Å². The van der Waals surface area contributed by atoms with Gasteiger partial charge in [0.2, 0.25) is 6.41 Å². The monoisotopic (exact) mass is 304 g/mol. The molecule has 2 amide bonds. The van der Waals surface area contributed by atoms with E-state index in [0.717, 1.165) is 31.7 Å². The van der Waals surface area contributed by atoms with Gasteiger partial charge in [0.15, 0.2) is 0 Å². The van der Waals surface area contributed by atoms with Gasteiger partial charge in [-0.25, -0.2) is 4.98 Å². The summed E-state index contributed by atoms with van der Waals surface area (Å²) in [5.74, 6) is 0.686. The van der Waals surface area contributed by atoms with Gasteiger partial charge in [-0.1, -0.05) is 12.8 Å². The average molecular weight is 304 g/mol. The summed E-state index contributed by atoms with van der Waals surface area (Å²) >= 11 is 0. The zero-order chi connectivity index (χ0) is 15.6. The molecule has 1 aliphatic rings. The minimum Gasteiger partial charge on any atom is -0.359 e. The van der Waals surface area contributed by atoms with Gasteiger partial charge in [0.05, 0.1) is 5.56 Å². The molecule has 6 heteroatoms. The van der Waals surface area contributed by atoms with Gasteiger partial charge in [0.25, 0.3) is 5.91 Å². The second-order valence-corrected chi connectivity index (χ2v) is 5.46. The quantitative estimate of drug-likeness (QED) is 0.589. The lowest BCUT2D eigenvalue weighted by Gasteiger charge is -2.23. The smallest absolute Gasteiger partial charge is 0.255 e. The highest BCUT2D eigenvalue weighted by molar-refractivity contribution is 5.98. The van der Waals surface area contributed by atoms with Crippen LogP contribution in [0.1, 0.15) is 42.5 Å². The molecule has 0 atom stereocenters. The van der Waals surface area contributed by atoms with Crippen molar-refractivity contribution in [2.45, 2.75) is 32.1 Å². The summed E-state index contributed by atoms with van der Waals surface area (Å²) in [6, 6.07) is 3.62. The highest BCUT2D eigenvalue weighted by atomic mass is 16.1. The molecule has 1 aromatic rings. The van der Waals surface area contributed by atoms with Crippen LogP contribution in [0.2, 0.25) is 0 Å². The maximum atomic E-state index is 12.4. The number of amides is 2. The molecule has 2 rings (SSSR count). The predicted molar refractivity (Wildman–Crippen MR) is 85.9 cm³/mol. The SMILES string of the molecule is O=CNCCCNC(=O)c1cccnc1N1CCCCCC1. The van der Waals surface area contributed by atoms with E-state index in [1.807, 2.05) is 6.07 Å². The normalized spacial score (nSPS) is 15.0. The fourth-order valence-corrected chi connectivity index (χ4v) is 2.66. The van der Waals surface area contributed by atoms with E-state index in [9.17, 15) is 9.59 Å². The van der Waals surface area contributed by atoms with Crippen LogP contribution in [-0.4, -0.2) is 43.5 Å². The number of nitrogens with zero attached hydrogens (tertiary/aromatic N) is 2. The van der Waals surface area contributed by atoms with Crippen LogP contribution in [0.15, 0.2) is 18.3 Å². The van der Waals surface area contributed by atoms with E-state index >= 15 is 0 Å². The van der Waals surface area contributed by atoms with Crippen LogP contribution in [0.25, 0.3) is 0 Å². The average Bonchev–Trinajstić information content (AvgIpc) is 2.83. The summed E-state index contributed by atoms with van der Waals surface area (Å²) in [6.07, 6.45) is 7.91. The fourth-order valence-electron chi connectivity index (χ4n) is 2.66. The van der Waals surface area contributed by atoms with Gasteiger partial charge >= 0.3 is 0 Å². The molecule has 6 nitrogen and oxygen atoms in total. The molecular weight excluding hydrogens is 280 g/mol. The van der Waals surface area contributed by atoms with Crippen LogP contribution >= 0.6 is 0 Å². The van der Waals surface area contributed by atoms with Crippen molar-refractivity contribution in [3.05, 3.63) is 23.9 Å². The Kier molecular flexibility index (Phi) is 6.67. The molecule has 0 radical (unpaired) electrons. The second kappa shape index (κ2) is 9.02. The summed E-state index contributed by atoms with van der Waals surface area (Å²) in [5, 5.41) is 5.47. The van der Waals surface area contributed by atoms with Gasteiger partial charge in [0.1, 0.15) is 5.82 Å². The third-order valence-corrected chi connectivity index (χ3v) is 3.80. The summed E-state index contributed by atoms with van der Waals surface area (Å²) < 4.78 is 0. The lowest BCUT2D eigenvalue weighted by atomic mass is 10.2. The molecule has 1 saturated heterocycles. The Bertz CT molecular complexity index is 485. The van der Waals surface area contributed by atoms with Gasteiger partial charge in [0, 0.05) is 32.4 Å². The van der Waals surface area contributed by atoms with Crippen molar-refractivity contribution < 1.29 is 9.59 Å². The number of carbonyl (C=O) groups is 2. The van der Waals surface area contributed by atoms with Crippen molar-refractivity contribution in [2.75, 3.05) is 31.1 Å². The first-order valence-corrected chi connectivity index (χ1v) is 7.98. The highest BCUT2D eigenvalue weighted by Crippen LogP contribution is 2.21. The second-order valence-electron chi connectivity index (χ2n) is 5.46. The number of aromatic nitrogens is 1. The largest absolute Gasteiger partial charge is 0.359 e. The summed E-state index contributed by atoms with van der Waals surface area (Å²) in [7, 11) is 0. The molecule has 0 spiro atoms. The van der Waals surface area contributed by atoms with Crippen LogP contribution in [0.3, 0.4) is 0 Å². The Hall–Kier alpha value is -2.11. The van der Waals surface area contributed by atoms with Crippen molar-refractivity contribution >= 4 is 18.1 Å². The number of hydrogen-bond acceptors (Lipinski definition) is 4. The molecule has 2 heterocycles. The third kappa shape index (κ3) is 4.72. The Balaban J connectivity index is 1.97. The Morgan fingerprint density at radius 2 is 2.00 bits per heavy atom. The van der Waals surface area contributed by atoms with E-state index < -0.39 is 0 Å². The lowest BCUT2D eigenvalue weighted by Crippen LogP contribution is -2.31. The molecule has 22 heavy (non-hydrogen) atoms. The molecule has 1 fully saturated rings. The summed E-state index contributed by atoms with van der Waals surface area (Å²) in [6.45, 7) is 3.02. The lowest BCUT2D eigenvalue weighted by molar-refractivity contribution is -0.109. The minimum atomic E-state index is -0.0987. The van der Waals surface area contributed by atoms with Gasteiger partial charge in [-0.15, -0.1) is 0 Å². The Morgan fingerprint density at radius 1 is 1.23 bits per heavy atom. The van der Waals surface area contributed by atoms with Gasteiger partial charge in [-0.3, -0.25) is 9.59 Å².